The number of hydrogen-bond donors (Lipinski definition) is 0. The molecule has 9 aromatic rings. The molecule has 0 bridgehead atoms. The quantitative estimate of drug-likeness (QED) is 0.211. The Labute approximate surface area is 241 Å². The maximum absolute atomic E-state index is 6.47. The van der Waals surface area contributed by atoms with Gasteiger partial charge in [0.05, 0.1) is 16.9 Å². The van der Waals surface area contributed by atoms with Gasteiger partial charge < -0.3 is 8.82 Å². The van der Waals surface area contributed by atoms with Crippen LogP contribution in [-0.2, 0) is 0 Å². The van der Waals surface area contributed by atoms with Gasteiger partial charge in [0.1, 0.15) is 16.8 Å². The van der Waals surface area contributed by atoms with Crippen molar-refractivity contribution in [3.8, 4) is 33.6 Å². The van der Waals surface area contributed by atoms with Crippen LogP contribution in [0.2, 0.25) is 0 Å². The van der Waals surface area contributed by atoms with E-state index in [1.807, 2.05) is 36.4 Å². The highest BCUT2D eigenvalue weighted by Crippen LogP contribution is 2.40. The molecule has 0 unspecified atom stereocenters. The minimum absolute atomic E-state index is 0.901. The van der Waals surface area contributed by atoms with Gasteiger partial charge >= 0.3 is 0 Å². The minimum Gasteiger partial charge on any atom is -0.455 e. The second kappa shape index (κ2) is 8.88. The molecule has 0 saturated heterocycles. The third kappa shape index (κ3) is 3.49. The fraction of sp³-hybridized carbons (Fsp3) is 0. The molecule has 0 saturated carbocycles. The van der Waals surface area contributed by atoms with Gasteiger partial charge in [-0.05, 0) is 41.5 Å². The molecule has 0 fully saturated rings. The molecule has 0 atom stereocenters. The van der Waals surface area contributed by atoms with Gasteiger partial charge in [-0.15, -0.1) is 0 Å². The van der Waals surface area contributed by atoms with E-state index in [0.29, 0.717) is 0 Å². The molecule has 0 aliphatic heterocycles. The first-order valence-corrected chi connectivity index (χ1v) is 14.1. The highest BCUT2D eigenvalue weighted by atomic mass is 16.3. The smallest absolute Gasteiger partial charge is 0.144 e. The molecule has 5 aromatic carbocycles. The van der Waals surface area contributed by atoms with Crippen LogP contribution < -0.4 is 0 Å². The van der Waals surface area contributed by atoms with Gasteiger partial charge in [0, 0.05) is 50.5 Å². The zero-order chi connectivity index (χ0) is 27.6. The first-order chi connectivity index (χ1) is 20.8. The van der Waals surface area contributed by atoms with Crippen LogP contribution in [-0.4, -0.2) is 14.4 Å². The lowest BCUT2D eigenvalue weighted by molar-refractivity contribution is 0.673. The average Bonchev–Trinajstić information content (AvgIpc) is 3.66. The lowest BCUT2D eigenvalue weighted by atomic mass is 9.97. The Morgan fingerprint density at radius 1 is 0.476 bits per heavy atom. The Bertz CT molecular complexity index is 2450. The van der Waals surface area contributed by atoms with Crippen LogP contribution >= 0.6 is 0 Å². The Hall–Kier alpha value is -5.74. The van der Waals surface area contributed by atoms with Gasteiger partial charge in [0.2, 0.25) is 0 Å². The van der Waals surface area contributed by atoms with Crippen molar-refractivity contribution in [2.24, 2.45) is 0 Å². The largest absolute Gasteiger partial charge is 0.455 e. The molecule has 4 nitrogen and oxygen atoms in total. The normalized spacial score (nSPS) is 11.8. The lowest BCUT2D eigenvalue weighted by Crippen LogP contribution is -1.91. The summed E-state index contributed by atoms with van der Waals surface area (Å²) < 4.78 is 8.57. The van der Waals surface area contributed by atoms with E-state index in [1.165, 1.54) is 0 Å². The average molecular weight is 538 g/mol. The van der Waals surface area contributed by atoms with Crippen molar-refractivity contribution in [2.75, 3.05) is 0 Å². The van der Waals surface area contributed by atoms with E-state index in [2.05, 4.69) is 108 Å². The molecule has 42 heavy (non-hydrogen) atoms. The summed E-state index contributed by atoms with van der Waals surface area (Å²) in [7, 11) is 0. The molecule has 0 amide bonds. The summed E-state index contributed by atoms with van der Waals surface area (Å²) in [5.74, 6) is 0. The number of pyridine rings is 2. The number of hydrogen-bond acceptors (Lipinski definition) is 3. The van der Waals surface area contributed by atoms with Gasteiger partial charge in [-0.1, -0.05) is 97.1 Å². The standard InChI is InChI=1S/C38H23N3O/c1-2-8-25(9-3-1)33-23-41-22-27(18-21-35(41)39-33)24-14-16-26(17-15-24)37-31-20-19-29-28-10-5-7-13-34(28)42-38(29)36(31)30-11-4-6-12-32(30)40-37/h1-23H. The molecule has 196 valence electrons. The number of rotatable bonds is 3. The first-order valence-electron chi connectivity index (χ1n) is 14.1. The predicted octanol–water partition coefficient (Wildman–Crippen LogP) is 9.94. The third-order valence-electron chi connectivity index (χ3n) is 8.22. The van der Waals surface area contributed by atoms with Gasteiger partial charge in [-0.25, -0.2) is 9.97 Å². The van der Waals surface area contributed by atoms with Crippen molar-refractivity contribution in [3.63, 3.8) is 0 Å². The van der Waals surface area contributed by atoms with Gasteiger partial charge in [0.15, 0.2) is 0 Å². The van der Waals surface area contributed by atoms with Crippen molar-refractivity contribution >= 4 is 49.3 Å². The molecule has 0 N–H and O–H groups in total. The lowest BCUT2D eigenvalue weighted by Gasteiger charge is -2.11. The Balaban J connectivity index is 1.18. The van der Waals surface area contributed by atoms with E-state index in [0.717, 1.165) is 82.9 Å². The summed E-state index contributed by atoms with van der Waals surface area (Å²) in [5, 5.41) is 5.54. The molecular formula is C38H23N3O. The number of aromatic nitrogens is 3. The molecule has 0 aliphatic carbocycles. The van der Waals surface area contributed by atoms with Crippen molar-refractivity contribution < 1.29 is 4.42 Å². The minimum atomic E-state index is 0.901. The summed E-state index contributed by atoms with van der Waals surface area (Å²) in [5.41, 5.74) is 10.1. The maximum Gasteiger partial charge on any atom is 0.144 e. The second-order valence-corrected chi connectivity index (χ2v) is 10.7. The van der Waals surface area contributed by atoms with Crippen LogP contribution in [0.1, 0.15) is 0 Å². The van der Waals surface area contributed by atoms with E-state index in [1.54, 1.807) is 0 Å². The maximum atomic E-state index is 6.47. The van der Waals surface area contributed by atoms with E-state index in [4.69, 9.17) is 14.4 Å². The van der Waals surface area contributed by atoms with E-state index >= 15 is 0 Å². The summed E-state index contributed by atoms with van der Waals surface area (Å²) in [6.07, 6.45) is 4.23. The zero-order valence-electron chi connectivity index (χ0n) is 22.5. The predicted molar refractivity (Wildman–Crippen MR) is 172 cm³/mol. The topological polar surface area (TPSA) is 43.3 Å². The Morgan fingerprint density at radius 2 is 1.19 bits per heavy atom. The van der Waals surface area contributed by atoms with Crippen LogP contribution in [0.4, 0.5) is 0 Å². The van der Waals surface area contributed by atoms with Crippen LogP contribution in [0.15, 0.2) is 144 Å². The molecule has 0 aliphatic rings. The highest BCUT2D eigenvalue weighted by molar-refractivity contribution is 6.24. The number of benzene rings is 5. The van der Waals surface area contributed by atoms with E-state index in [-0.39, 0.29) is 0 Å². The fourth-order valence-corrected chi connectivity index (χ4v) is 6.17. The van der Waals surface area contributed by atoms with Crippen molar-refractivity contribution in [3.05, 3.63) is 140 Å². The van der Waals surface area contributed by atoms with Crippen molar-refractivity contribution in [2.45, 2.75) is 0 Å². The monoisotopic (exact) mass is 537 g/mol. The number of nitrogens with zero attached hydrogens (tertiary/aromatic N) is 3. The van der Waals surface area contributed by atoms with Gasteiger partial charge in [0.25, 0.3) is 0 Å². The van der Waals surface area contributed by atoms with Gasteiger partial charge in [-0.3, -0.25) is 0 Å². The molecule has 9 rings (SSSR count). The molecule has 4 aromatic heterocycles. The van der Waals surface area contributed by atoms with E-state index in [9.17, 15) is 0 Å². The van der Waals surface area contributed by atoms with Crippen LogP contribution in [0.5, 0.6) is 0 Å². The first kappa shape index (κ1) is 23.0. The Morgan fingerprint density at radius 3 is 2.07 bits per heavy atom. The number of furan rings is 1. The summed E-state index contributed by atoms with van der Waals surface area (Å²) in [6.45, 7) is 0. The Kier molecular flexibility index (Phi) is 4.87. The van der Waals surface area contributed by atoms with Crippen LogP contribution in [0, 0.1) is 0 Å². The summed E-state index contributed by atoms with van der Waals surface area (Å²) in [6, 6.07) is 44.1. The molecule has 4 heterocycles. The number of fused-ring (bicyclic) bond motifs is 8. The molecule has 0 spiro atoms. The molecule has 4 heteroatoms. The van der Waals surface area contributed by atoms with Crippen LogP contribution in [0.3, 0.4) is 0 Å². The van der Waals surface area contributed by atoms with E-state index < -0.39 is 0 Å². The third-order valence-corrected chi connectivity index (χ3v) is 8.22. The van der Waals surface area contributed by atoms with Crippen molar-refractivity contribution in [1.29, 1.82) is 0 Å². The van der Waals surface area contributed by atoms with Gasteiger partial charge in [-0.2, -0.15) is 0 Å². The SMILES string of the molecule is c1ccc(-c2cn3cc(-c4ccc(-c5nc6ccccc6c6c5ccc5c7ccccc7oc56)cc4)ccc3n2)cc1. The second-order valence-electron chi connectivity index (χ2n) is 10.7. The van der Waals surface area contributed by atoms with Crippen LogP contribution in [0.25, 0.3) is 82.9 Å². The molecular weight excluding hydrogens is 514 g/mol. The van der Waals surface area contributed by atoms with Crippen molar-refractivity contribution in [1.82, 2.24) is 14.4 Å². The summed E-state index contributed by atoms with van der Waals surface area (Å²) >= 11 is 0. The zero-order valence-corrected chi connectivity index (χ0v) is 22.5. The number of imidazole rings is 1. The highest BCUT2D eigenvalue weighted by Gasteiger charge is 2.17. The summed E-state index contributed by atoms with van der Waals surface area (Å²) in [4.78, 5) is 9.96. The molecule has 0 radical (unpaired) electrons. The number of para-hydroxylation sites is 2. The fourth-order valence-electron chi connectivity index (χ4n) is 6.17.